The first-order valence-electron chi connectivity index (χ1n) is 9.18. The van der Waals surface area contributed by atoms with E-state index in [1.165, 1.54) is 32.1 Å². The predicted octanol–water partition coefficient (Wildman–Crippen LogP) is 3.55. The van der Waals surface area contributed by atoms with Crippen molar-refractivity contribution in [2.24, 2.45) is 7.05 Å². The van der Waals surface area contributed by atoms with Gasteiger partial charge in [-0.3, -0.25) is 4.68 Å². The molecule has 1 aliphatic carbocycles. The minimum absolute atomic E-state index is 0.136. The average molecular weight is 334 g/mol. The molecule has 0 spiro atoms. The fourth-order valence-electron chi connectivity index (χ4n) is 3.98. The molecule has 24 heavy (non-hydrogen) atoms. The van der Waals surface area contributed by atoms with Crippen LogP contribution in [0.25, 0.3) is 0 Å². The monoisotopic (exact) mass is 334 g/mol. The summed E-state index contributed by atoms with van der Waals surface area (Å²) in [5.41, 5.74) is 1.73. The van der Waals surface area contributed by atoms with Gasteiger partial charge in [-0.25, -0.2) is 4.79 Å². The summed E-state index contributed by atoms with van der Waals surface area (Å²) in [5, 5.41) is 10.7. The van der Waals surface area contributed by atoms with E-state index in [0.717, 1.165) is 24.2 Å². The van der Waals surface area contributed by atoms with Crippen molar-refractivity contribution < 1.29 is 9.53 Å². The number of nitrogens with zero attached hydrogens (tertiary/aromatic N) is 2. The lowest BCUT2D eigenvalue weighted by molar-refractivity contribution is -0.0609. The van der Waals surface area contributed by atoms with E-state index in [0.29, 0.717) is 12.5 Å². The molecule has 1 aromatic heterocycles. The minimum Gasteiger partial charge on any atom is -0.375 e. The first kappa shape index (κ1) is 17.3. The number of rotatable bonds is 3. The van der Waals surface area contributed by atoms with E-state index in [4.69, 9.17) is 4.74 Å². The molecule has 1 aromatic rings. The molecule has 1 saturated carbocycles. The number of anilines is 1. The zero-order valence-corrected chi connectivity index (χ0v) is 15.1. The lowest BCUT2D eigenvalue weighted by atomic mass is 9.86. The summed E-state index contributed by atoms with van der Waals surface area (Å²) in [6.45, 7) is 4.83. The SMILES string of the molecule is Cn1cc(NC(=O)NC2CCOC(C)(C)C2)c(C2CCCCC2)n1. The van der Waals surface area contributed by atoms with Crippen molar-refractivity contribution in [1.29, 1.82) is 0 Å². The Kier molecular flexibility index (Phi) is 5.13. The van der Waals surface area contributed by atoms with Gasteiger partial charge in [-0.2, -0.15) is 5.10 Å². The van der Waals surface area contributed by atoms with Crippen LogP contribution < -0.4 is 10.6 Å². The quantitative estimate of drug-likeness (QED) is 0.888. The van der Waals surface area contributed by atoms with Crippen LogP contribution >= 0.6 is 0 Å². The second-order valence-corrected chi connectivity index (χ2v) is 7.83. The topological polar surface area (TPSA) is 68.2 Å². The van der Waals surface area contributed by atoms with E-state index in [2.05, 4.69) is 29.6 Å². The molecular weight excluding hydrogens is 304 g/mol. The van der Waals surface area contributed by atoms with Crippen LogP contribution in [0.5, 0.6) is 0 Å². The summed E-state index contributed by atoms with van der Waals surface area (Å²) >= 11 is 0. The van der Waals surface area contributed by atoms with Gasteiger partial charge in [-0.1, -0.05) is 19.3 Å². The molecule has 3 rings (SSSR count). The number of amides is 2. The fourth-order valence-corrected chi connectivity index (χ4v) is 3.98. The molecule has 2 aliphatic rings. The second-order valence-electron chi connectivity index (χ2n) is 7.83. The van der Waals surface area contributed by atoms with Crippen LogP contribution in [0.1, 0.15) is 70.4 Å². The molecule has 2 fully saturated rings. The molecule has 1 aliphatic heterocycles. The third-order valence-electron chi connectivity index (χ3n) is 5.13. The van der Waals surface area contributed by atoms with Gasteiger partial charge in [0, 0.05) is 31.8 Å². The van der Waals surface area contributed by atoms with Crippen LogP contribution in [-0.2, 0) is 11.8 Å². The van der Waals surface area contributed by atoms with E-state index >= 15 is 0 Å². The van der Waals surface area contributed by atoms with Crippen molar-refractivity contribution in [3.63, 3.8) is 0 Å². The molecule has 134 valence electrons. The van der Waals surface area contributed by atoms with Gasteiger partial charge >= 0.3 is 6.03 Å². The zero-order valence-electron chi connectivity index (χ0n) is 15.1. The molecule has 0 radical (unpaired) electrons. The van der Waals surface area contributed by atoms with Gasteiger partial charge in [0.15, 0.2) is 0 Å². The van der Waals surface area contributed by atoms with Crippen LogP contribution in [0, 0.1) is 0 Å². The Balaban J connectivity index is 1.62. The highest BCUT2D eigenvalue weighted by atomic mass is 16.5. The van der Waals surface area contributed by atoms with Crippen LogP contribution in [0.2, 0.25) is 0 Å². The summed E-state index contributed by atoms with van der Waals surface area (Å²) < 4.78 is 7.51. The lowest BCUT2D eigenvalue weighted by Crippen LogP contribution is -2.47. The molecule has 6 heteroatoms. The Labute approximate surface area is 144 Å². The molecule has 2 heterocycles. The summed E-state index contributed by atoms with van der Waals surface area (Å²) in [4.78, 5) is 12.4. The smallest absolute Gasteiger partial charge is 0.319 e. The standard InChI is InChI=1S/C18H30N4O2/c1-18(2)11-14(9-10-24-18)19-17(23)20-15-12-22(3)21-16(15)13-7-5-4-6-8-13/h12-14H,4-11H2,1-3H3,(H2,19,20,23). The Morgan fingerprint density at radius 2 is 2.04 bits per heavy atom. The Bertz CT molecular complexity index is 576. The molecule has 0 bridgehead atoms. The van der Waals surface area contributed by atoms with Gasteiger partial charge in [0.25, 0.3) is 0 Å². The largest absolute Gasteiger partial charge is 0.375 e. The van der Waals surface area contributed by atoms with Gasteiger partial charge in [0.2, 0.25) is 0 Å². The Hall–Kier alpha value is -1.56. The van der Waals surface area contributed by atoms with E-state index in [9.17, 15) is 4.79 Å². The average Bonchev–Trinajstić information content (AvgIpc) is 2.87. The molecule has 1 saturated heterocycles. The van der Waals surface area contributed by atoms with E-state index in [1.54, 1.807) is 4.68 Å². The summed E-state index contributed by atoms with van der Waals surface area (Å²) in [6, 6.07) is 0.0197. The van der Waals surface area contributed by atoms with Crippen LogP contribution in [0.4, 0.5) is 10.5 Å². The zero-order chi connectivity index (χ0) is 17.2. The normalized spacial score (nSPS) is 24.5. The van der Waals surface area contributed by atoms with Gasteiger partial charge in [-0.05, 0) is 39.5 Å². The maximum Gasteiger partial charge on any atom is 0.319 e. The van der Waals surface area contributed by atoms with Crippen molar-refractivity contribution in [3.05, 3.63) is 11.9 Å². The summed E-state index contributed by atoms with van der Waals surface area (Å²) in [5.74, 6) is 0.470. The van der Waals surface area contributed by atoms with E-state index in [1.807, 2.05) is 13.2 Å². The van der Waals surface area contributed by atoms with Gasteiger partial charge < -0.3 is 15.4 Å². The Morgan fingerprint density at radius 1 is 1.29 bits per heavy atom. The second kappa shape index (κ2) is 7.13. The van der Waals surface area contributed by atoms with Gasteiger partial charge in [0.1, 0.15) is 0 Å². The van der Waals surface area contributed by atoms with Crippen LogP contribution in [0.15, 0.2) is 6.20 Å². The third-order valence-corrected chi connectivity index (χ3v) is 5.13. The maximum absolute atomic E-state index is 12.4. The molecule has 1 unspecified atom stereocenters. The van der Waals surface area contributed by atoms with Crippen LogP contribution in [0.3, 0.4) is 0 Å². The maximum atomic E-state index is 12.4. The van der Waals surface area contributed by atoms with Gasteiger partial charge in [-0.15, -0.1) is 0 Å². The molecule has 2 N–H and O–H groups in total. The fraction of sp³-hybridized carbons (Fsp3) is 0.778. The van der Waals surface area contributed by atoms with Crippen molar-refractivity contribution in [2.45, 2.75) is 76.4 Å². The van der Waals surface area contributed by atoms with Crippen molar-refractivity contribution in [3.8, 4) is 0 Å². The number of nitrogens with one attached hydrogen (secondary N) is 2. The molecule has 2 amide bonds. The highest BCUT2D eigenvalue weighted by molar-refractivity contribution is 5.90. The van der Waals surface area contributed by atoms with Crippen LogP contribution in [-0.4, -0.2) is 34.1 Å². The molecule has 0 aromatic carbocycles. The number of hydrogen-bond donors (Lipinski definition) is 2. The lowest BCUT2D eigenvalue weighted by Gasteiger charge is -2.35. The predicted molar refractivity (Wildman–Crippen MR) is 94.2 cm³/mol. The number of aromatic nitrogens is 2. The number of aryl methyl sites for hydroxylation is 1. The van der Waals surface area contributed by atoms with Crippen molar-refractivity contribution in [2.75, 3.05) is 11.9 Å². The third kappa shape index (κ3) is 4.29. The minimum atomic E-state index is -0.169. The number of hydrogen-bond acceptors (Lipinski definition) is 3. The highest BCUT2D eigenvalue weighted by Crippen LogP contribution is 2.35. The van der Waals surface area contributed by atoms with Crippen molar-refractivity contribution in [1.82, 2.24) is 15.1 Å². The number of carbonyl (C=O) groups is 1. The first-order valence-corrected chi connectivity index (χ1v) is 9.18. The first-order chi connectivity index (χ1) is 11.4. The van der Waals surface area contributed by atoms with Crippen molar-refractivity contribution >= 4 is 11.7 Å². The van der Waals surface area contributed by atoms with E-state index < -0.39 is 0 Å². The number of ether oxygens (including phenoxy) is 1. The highest BCUT2D eigenvalue weighted by Gasteiger charge is 2.30. The molecule has 1 atom stereocenters. The summed E-state index contributed by atoms with van der Waals surface area (Å²) in [6.07, 6.45) is 9.77. The number of carbonyl (C=O) groups excluding carboxylic acids is 1. The summed E-state index contributed by atoms with van der Waals surface area (Å²) in [7, 11) is 1.91. The molecule has 6 nitrogen and oxygen atoms in total. The van der Waals surface area contributed by atoms with E-state index in [-0.39, 0.29) is 17.7 Å². The number of urea groups is 1. The van der Waals surface area contributed by atoms with Gasteiger partial charge in [0.05, 0.1) is 17.0 Å². The molecular formula is C18H30N4O2. The Morgan fingerprint density at radius 3 is 2.75 bits per heavy atom.